The maximum atomic E-state index is 8.63. The Morgan fingerprint density at radius 2 is 1.38 bits per heavy atom. The standard InChI is InChI=1S/C18H38O3/c1-3-5-6-7-8-9-10-11-13-18(12-4-2)21-17-16-20-15-14-19/h18-19H,3-17H2,1-2H3. The average Bonchev–Trinajstić information content (AvgIpc) is 2.49. The Hall–Kier alpha value is -0.120. The predicted molar refractivity (Wildman–Crippen MR) is 89.8 cm³/mol. The Morgan fingerprint density at radius 3 is 2.00 bits per heavy atom. The van der Waals surface area contributed by atoms with E-state index < -0.39 is 0 Å². The van der Waals surface area contributed by atoms with Gasteiger partial charge in [0.15, 0.2) is 0 Å². The van der Waals surface area contributed by atoms with Gasteiger partial charge >= 0.3 is 0 Å². The molecule has 0 aliphatic rings. The fourth-order valence-electron chi connectivity index (χ4n) is 2.58. The second-order valence-electron chi connectivity index (χ2n) is 5.88. The van der Waals surface area contributed by atoms with E-state index in [-0.39, 0.29) is 6.61 Å². The first-order valence-electron chi connectivity index (χ1n) is 9.15. The third kappa shape index (κ3) is 16.1. The van der Waals surface area contributed by atoms with Crippen molar-refractivity contribution in [3.05, 3.63) is 0 Å². The van der Waals surface area contributed by atoms with Gasteiger partial charge in [-0.15, -0.1) is 0 Å². The highest BCUT2D eigenvalue weighted by Crippen LogP contribution is 2.14. The largest absolute Gasteiger partial charge is 0.394 e. The predicted octanol–water partition coefficient (Wildman–Crippen LogP) is 4.71. The van der Waals surface area contributed by atoms with Crippen molar-refractivity contribution in [3.8, 4) is 0 Å². The Kier molecular flexibility index (Phi) is 17.8. The Labute approximate surface area is 132 Å². The number of aliphatic hydroxyl groups is 1. The third-order valence-corrected chi connectivity index (χ3v) is 3.81. The molecule has 0 heterocycles. The van der Waals surface area contributed by atoms with Gasteiger partial charge < -0.3 is 14.6 Å². The SMILES string of the molecule is CCCCCCCCCCC(CCC)OCCOCCO. The number of hydrogen-bond acceptors (Lipinski definition) is 3. The second-order valence-corrected chi connectivity index (χ2v) is 5.88. The molecule has 1 N–H and O–H groups in total. The zero-order valence-corrected chi connectivity index (χ0v) is 14.4. The molecule has 0 aromatic rings. The monoisotopic (exact) mass is 302 g/mol. The fourth-order valence-corrected chi connectivity index (χ4v) is 2.58. The van der Waals surface area contributed by atoms with E-state index in [2.05, 4.69) is 13.8 Å². The Balaban J connectivity index is 3.42. The van der Waals surface area contributed by atoms with Crippen molar-refractivity contribution in [1.82, 2.24) is 0 Å². The van der Waals surface area contributed by atoms with Crippen LogP contribution in [0, 0.1) is 0 Å². The van der Waals surface area contributed by atoms with Crippen LogP contribution in [0.25, 0.3) is 0 Å². The molecule has 0 saturated heterocycles. The van der Waals surface area contributed by atoms with Crippen molar-refractivity contribution in [2.45, 2.75) is 90.6 Å². The van der Waals surface area contributed by atoms with Crippen LogP contribution in [0.4, 0.5) is 0 Å². The molecule has 0 aliphatic heterocycles. The van der Waals surface area contributed by atoms with Gasteiger partial charge in [-0.1, -0.05) is 71.6 Å². The normalized spacial score (nSPS) is 12.7. The zero-order valence-electron chi connectivity index (χ0n) is 14.4. The first kappa shape index (κ1) is 20.9. The summed E-state index contributed by atoms with van der Waals surface area (Å²) in [6.45, 7) is 6.24. The number of unbranched alkanes of at least 4 members (excludes halogenated alkanes) is 7. The van der Waals surface area contributed by atoms with Crippen LogP contribution in [0.15, 0.2) is 0 Å². The molecule has 0 saturated carbocycles. The molecule has 0 spiro atoms. The van der Waals surface area contributed by atoms with Gasteiger partial charge in [0.1, 0.15) is 0 Å². The average molecular weight is 302 g/mol. The molecule has 0 aliphatic carbocycles. The Morgan fingerprint density at radius 1 is 0.714 bits per heavy atom. The van der Waals surface area contributed by atoms with E-state index in [1.807, 2.05) is 0 Å². The molecule has 128 valence electrons. The summed E-state index contributed by atoms with van der Waals surface area (Å²) in [7, 11) is 0. The summed E-state index contributed by atoms with van der Waals surface area (Å²) >= 11 is 0. The van der Waals surface area contributed by atoms with Crippen LogP contribution < -0.4 is 0 Å². The quantitative estimate of drug-likeness (QED) is 0.395. The summed E-state index contributed by atoms with van der Waals surface area (Å²) < 4.78 is 11.1. The number of hydrogen-bond donors (Lipinski definition) is 1. The van der Waals surface area contributed by atoms with E-state index >= 15 is 0 Å². The molecule has 1 unspecified atom stereocenters. The van der Waals surface area contributed by atoms with Crippen LogP contribution >= 0.6 is 0 Å². The van der Waals surface area contributed by atoms with Gasteiger partial charge in [-0.25, -0.2) is 0 Å². The topological polar surface area (TPSA) is 38.7 Å². The summed E-state index contributed by atoms with van der Waals surface area (Å²) in [5.41, 5.74) is 0. The number of aliphatic hydroxyl groups excluding tert-OH is 1. The lowest BCUT2D eigenvalue weighted by molar-refractivity contribution is -0.00941. The van der Waals surface area contributed by atoms with Crippen LogP contribution in [-0.2, 0) is 9.47 Å². The minimum atomic E-state index is 0.0939. The van der Waals surface area contributed by atoms with Crippen molar-refractivity contribution in [2.24, 2.45) is 0 Å². The van der Waals surface area contributed by atoms with Gasteiger partial charge in [-0.05, 0) is 12.8 Å². The molecule has 0 aromatic heterocycles. The minimum absolute atomic E-state index is 0.0939. The van der Waals surface area contributed by atoms with Gasteiger partial charge in [0.25, 0.3) is 0 Å². The van der Waals surface area contributed by atoms with E-state index in [9.17, 15) is 0 Å². The van der Waals surface area contributed by atoms with E-state index in [1.165, 1.54) is 64.2 Å². The first-order valence-corrected chi connectivity index (χ1v) is 9.15. The summed E-state index contributed by atoms with van der Waals surface area (Å²) in [6, 6.07) is 0. The Bertz CT molecular complexity index is 185. The van der Waals surface area contributed by atoms with Crippen LogP contribution in [0.1, 0.15) is 84.5 Å². The van der Waals surface area contributed by atoms with Gasteiger partial charge in [-0.3, -0.25) is 0 Å². The molecule has 0 radical (unpaired) electrons. The van der Waals surface area contributed by atoms with Crippen molar-refractivity contribution in [3.63, 3.8) is 0 Å². The summed E-state index contributed by atoms with van der Waals surface area (Å²) in [4.78, 5) is 0. The van der Waals surface area contributed by atoms with Gasteiger partial charge in [0, 0.05) is 0 Å². The van der Waals surface area contributed by atoms with E-state index in [1.54, 1.807) is 0 Å². The van der Waals surface area contributed by atoms with E-state index in [0.29, 0.717) is 25.9 Å². The molecule has 0 rings (SSSR count). The molecule has 3 heteroatoms. The molecule has 0 amide bonds. The van der Waals surface area contributed by atoms with Gasteiger partial charge in [0.05, 0.1) is 32.5 Å². The van der Waals surface area contributed by atoms with Crippen molar-refractivity contribution in [1.29, 1.82) is 0 Å². The molecule has 21 heavy (non-hydrogen) atoms. The van der Waals surface area contributed by atoms with Crippen LogP contribution in [0.2, 0.25) is 0 Å². The molecule has 0 fully saturated rings. The number of rotatable bonds is 17. The van der Waals surface area contributed by atoms with Crippen LogP contribution in [0.3, 0.4) is 0 Å². The molecule has 1 atom stereocenters. The summed E-state index contributed by atoms with van der Waals surface area (Å²) in [5, 5.41) is 8.63. The highest BCUT2D eigenvalue weighted by Gasteiger charge is 2.07. The van der Waals surface area contributed by atoms with Crippen molar-refractivity contribution >= 4 is 0 Å². The molecular weight excluding hydrogens is 264 g/mol. The highest BCUT2D eigenvalue weighted by atomic mass is 16.5. The molecule has 0 aromatic carbocycles. The maximum Gasteiger partial charge on any atom is 0.0704 e. The van der Waals surface area contributed by atoms with Crippen molar-refractivity contribution in [2.75, 3.05) is 26.4 Å². The van der Waals surface area contributed by atoms with E-state index in [4.69, 9.17) is 14.6 Å². The second kappa shape index (κ2) is 17.9. The zero-order chi connectivity index (χ0) is 15.6. The van der Waals surface area contributed by atoms with E-state index in [0.717, 1.165) is 6.42 Å². The van der Waals surface area contributed by atoms with Crippen LogP contribution in [0.5, 0.6) is 0 Å². The maximum absolute atomic E-state index is 8.63. The smallest absolute Gasteiger partial charge is 0.0704 e. The fraction of sp³-hybridized carbons (Fsp3) is 1.00. The lowest BCUT2D eigenvalue weighted by Crippen LogP contribution is -2.17. The molecule has 3 nitrogen and oxygen atoms in total. The van der Waals surface area contributed by atoms with Gasteiger partial charge in [0.2, 0.25) is 0 Å². The van der Waals surface area contributed by atoms with Gasteiger partial charge in [-0.2, -0.15) is 0 Å². The summed E-state index contributed by atoms with van der Waals surface area (Å²) in [5.74, 6) is 0. The lowest BCUT2D eigenvalue weighted by atomic mass is 10.0. The molecule has 0 bridgehead atoms. The third-order valence-electron chi connectivity index (χ3n) is 3.81. The highest BCUT2D eigenvalue weighted by molar-refractivity contribution is 4.58. The lowest BCUT2D eigenvalue weighted by Gasteiger charge is -2.17. The summed E-state index contributed by atoms with van der Waals surface area (Å²) in [6.07, 6.45) is 14.9. The number of ether oxygens (including phenoxy) is 2. The van der Waals surface area contributed by atoms with Crippen LogP contribution in [-0.4, -0.2) is 37.6 Å². The minimum Gasteiger partial charge on any atom is -0.394 e. The molecular formula is C18H38O3. The van der Waals surface area contributed by atoms with Crippen molar-refractivity contribution < 1.29 is 14.6 Å². The first-order chi connectivity index (χ1) is 10.3.